The fourth-order valence-electron chi connectivity index (χ4n) is 3.02. The van der Waals surface area contributed by atoms with Gasteiger partial charge >= 0.3 is 5.63 Å². The number of amides is 1. The van der Waals surface area contributed by atoms with E-state index in [4.69, 9.17) is 9.15 Å². The van der Waals surface area contributed by atoms with E-state index in [9.17, 15) is 9.59 Å². The maximum Gasteiger partial charge on any atom is 0.336 e. The summed E-state index contributed by atoms with van der Waals surface area (Å²) in [5.74, 6) is 0.437. The number of hydrogen-bond donors (Lipinski definition) is 1. The average Bonchev–Trinajstić information content (AvgIpc) is 2.65. The molecule has 1 aromatic heterocycles. The van der Waals surface area contributed by atoms with Crippen LogP contribution in [0.15, 0.2) is 57.7 Å². The molecule has 3 rings (SSSR count). The van der Waals surface area contributed by atoms with Crippen LogP contribution in [-0.4, -0.2) is 12.5 Å². The zero-order valence-corrected chi connectivity index (χ0v) is 15.7. The van der Waals surface area contributed by atoms with Crippen LogP contribution in [0.2, 0.25) is 0 Å². The third kappa shape index (κ3) is 4.37. The van der Waals surface area contributed by atoms with Crippen LogP contribution in [0.3, 0.4) is 0 Å². The van der Waals surface area contributed by atoms with E-state index in [1.54, 1.807) is 12.1 Å². The van der Waals surface area contributed by atoms with E-state index >= 15 is 0 Å². The Hall–Kier alpha value is -3.08. The Kier molecular flexibility index (Phi) is 5.60. The first kappa shape index (κ1) is 18.7. The molecule has 1 N–H and O–H groups in total. The number of aryl methyl sites for hydroxylation is 1. The van der Waals surface area contributed by atoms with Crippen LogP contribution < -0.4 is 15.7 Å². The minimum Gasteiger partial charge on any atom is -0.484 e. The van der Waals surface area contributed by atoms with E-state index < -0.39 is 5.63 Å². The molecule has 0 spiro atoms. The van der Waals surface area contributed by atoms with Gasteiger partial charge in [0.05, 0.1) is 0 Å². The number of benzene rings is 2. The van der Waals surface area contributed by atoms with E-state index in [2.05, 4.69) is 5.32 Å². The van der Waals surface area contributed by atoms with Crippen LogP contribution in [0.25, 0.3) is 11.0 Å². The molecule has 0 atom stereocenters. The van der Waals surface area contributed by atoms with E-state index in [0.717, 1.165) is 28.6 Å². The number of rotatable bonds is 6. The van der Waals surface area contributed by atoms with E-state index in [0.29, 0.717) is 11.3 Å². The molecule has 1 amide bonds. The summed E-state index contributed by atoms with van der Waals surface area (Å²) in [6.45, 7) is 5.96. The van der Waals surface area contributed by atoms with Gasteiger partial charge in [-0.1, -0.05) is 39.0 Å². The van der Waals surface area contributed by atoms with Crippen molar-refractivity contribution in [2.75, 3.05) is 11.9 Å². The predicted octanol–water partition coefficient (Wildman–Crippen LogP) is 4.50. The van der Waals surface area contributed by atoms with Crippen LogP contribution in [-0.2, 0) is 11.2 Å². The number of ether oxygens (including phenoxy) is 1. The maximum atomic E-state index is 12.2. The Morgan fingerprint density at radius 2 is 1.93 bits per heavy atom. The first-order chi connectivity index (χ1) is 13.0. The van der Waals surface area contributed by atoms with E-state index in [1.165, 1.54) is 6.07 Å². The van der Waals surface area contributed by atoms with Crippen LogP contribution in [0.4, 0.5) is 5.69 Å². The van der Waals surface area contributed by atoms with Gasteiger partial charge in [-0.05, 0) is 41.7 Å². The Morgan fingerprint density at radius 3 is 2.67 bits per heavy atom. The number of anilines is 1. The van der Waals surface area contributed by atoms with Crippen LogP contribution >= 0.6 is 0 Å². The molecule has 0 aliphatic rings. The zero-order valence-electron chi connectivity index (χ0n) is 15.7. The molecule has 0 fully saturated rings. The molecule has 0 saturated carbocycles. The van der Waals surface area contributed by atoms with Crippen molar-refractivity contribution in [3.63, 3.8) is 0 Å². The minimum atomic E-state index is -0.391. The van der Waals surface area contributed by atoms with Gasteiger partial charge in [0, 0.05) is 23.2 Å². The monoisotopic (exact) mass is 365 g/mol. The van der Waals surface area contributed by atoms with Crippen molar-refractivity contribution < 1.29 is 13.9 Å². The highest BCUT2D eigenvalue weighted by Crippen LogP contribution is 2.27. The van der Waals surface area contributed by atoms with Crippen molar-refractivity contribution >= 4 is 22.6 Å². The van der Waals surface area contributed by atoms with Crippen molar-refractivity contribution in [2.24, 2.45) is 0 Å². The van der Waals surface area contributed by atoms with Gasteiger partial charge in [0.2, 0.25) is 0 Å². The predicted molar refractivity (Wildman–Crippen MR) is 107 cm³/mol. The lowest BCUT2D eigenvalue weighted by molar-refractivity contribution is -0.118. The third-order valence-electron chi connectivity index (χ3n) is 4.41. The lowest BCUT2D eigenvalue weighted by Crippen LogP contribution is -2.20. The van der Waals surface area contributed by atoms with Crippen molar-refractivity contribution in [2.45, 2.75) is 33.1 Å². The number of carbonyl (C=O) groups is 1. The first-order valence-corrected chi connectivity index (χ1v) is 9.06. The Labute approximate surface area is 158 Å². The molecule has 5 nitrogen and oxygen atoms in total. The highest BCUT2D eigenvalue weighted by atomic mass is 16.5. The molecule has 0 radical (unpaired) electrons. The smallest absolute Gasteiger partial charge is 0.336 e. The summed E-state index contributed by atoms with van der Waals surface area (Å²) in [7, 11) is 0. The highest BCUT2D eigenvalue weighted by Gasteiger charge is 2.11. The van der Waals surface area contributed by atoms with Crippen LogP contribution in [0.5, 0.6) is 5.75 Å². The largest absolute Gasteiger partial charge is 0.484 e. The second-order valence-electron chi connectivity index (χ2n) is 6.68. The molecule has 0 bridgehead atoms. The second-order valence-corrected chi connectivity index (χ2v) is 6.68. The van der Waals surface area contributed by atoms with Crippen molar-refractivity contribution in [3.05, 3.63) is 70.1 Å². The number of hydrogen-bond acceptors (Lipinski definition) is 4. The Bertz CT molecular complexity index is 1020. The standard InChI is InChI=1S/C22H23NO4/c1-4-15-7-5-6-8-19(15)23-21(24)13-26-16-9-10-17-18(14(2)3)12-22(25)27-20(17)11-16/h5-12,14H,4,13H2,1-3H3,(H,23,24). The molecule has 27 heavy (non-hydrogen) atoms. The summed E-state index contributed by atoms with van der Waals surface area (Å²) in [5.41, 5.74) is 2.86. The molecular weight excluding hydrogens is 342 g/mol. The van der Waals surface area contributed by atoms with E-state index in [1.807, 2.05) is 51.1 Å². The van der Waals surface area contributed by atoms with Gasteiger partial charge in [0.1, 0.15) is 11.3 Å². The van der Waals surface area contributed by atoms with Gasteiger partial charge in [-0.3, -0.25) is 4.79 Å². The topological polar surface area (TPSA) is 68.5 Å². The fraction of sp³-hybridized carbons (Fsp3) is 0.273. The molecule has 3 aromatic rings. The summed E-state index contributed by atoms with van der Waals surface area (Å²) < 4.78 is 10.9. The molecule has 0 aliphatic carbocycles. The van der Waals surface area contributed by atoms with Gasteiger partial charge in [0.25, 0.3) is 5.91 Å². The molecule has 0 saturated heterocycles. The first-order valence-electron chi connectivity index (χ1n) is 9.06. The van der Waals surface area contributed by atoms with Gasteiger partial charge in [-0.25, -0.2) is 4.79 Å². The molecule has 2 aromatic carbocycles. The molecule has 0 aliphatic heterocycles. The molecule has 140 valence electrons. The van der Waals surface area contributed by atoms with E-state index in [-0.39, 0.29) is 18.4 Å². The summed E-state index contributed by atoms with van der Waals surface area (Å²) in [4.78, 5) is 24.0. The molecule has 1 heterocycles. The number of carbonyl (C=O) groups excluding carboxylic acids is 1. The lowest BCUT2D eigenvalue weighted by atomic mass is 10.00. The van der Waals surface area contributed by atoms with Crippen molar-refractivity contribution in [1.29, 1.82) is 0 Å². The van der Waals surface area contributed by atoms with Gasteiger partial charge in [-0.15, -0.1) is 0 Å². The van der Waals surface area contributed by atoms with Crippen molar-refractivity contribution in [3.8, 4) is 5.75 Å². The zero-order chi connectivity index (χ0) is 19.4. The summed E-state index contributed by atoms with van der Waals surface area (Å²) in [5, 5.41) is 3.74. The minimum absolute atomic E-state index is 0.127. The summed E-state index contributed by atoms with van der Waals surface area (Å²) in [6, 6.07) is 14.5. The van der Waals surface area contributed by atoms with Gasteiger partial charge < -0.3 is 14.5 Å². The third-order valence-corrected chi connectivity index (χ3v) is 4.41. The maximum absolute atomic E-state index is 12.2. The van der Waals surface area contributed by atoms with Crippen LogP contribution in [0, 0.1) is 0 Å². The number of nitrogens with one attached hydrogen (secondary N) is 1. The second kappa shape index (κ2) is 8.08. The highest BCUT2D eigenvalue weighted by molar-refractivity contribution is 5.92. The molecular formula is C22H23NO4. The molecule has 5 heteroatoms. The Balaban J connectivity index is 1.73. The van der Waals surface area contributed by atoms with Gasteiger partial charge in [0.15, 0.2) is 6.61 Å². The Morgan fingerprint density at radius 1 is 1.15 bits per heavy atom. The SMILES string of the molecule is CCc1ccccc1NC(=O)COc1ccc2c(C(C)C)cc(=O)oc2c1. The quantitative estimate of drug-likeness (QED) is 0.653. The average molecular weight is 365 g/mol. The summed E-state index contributed by atoms with van der Waals surface area (Å²) >= 11 is 0. The number of fused-ring (bicyclic) bond motifs is 1. The number of para-hydroxylation sites is 1. The fourth-order valence-corrected chi connectivity index (χ4v) is 3.02. The normalized spacial score (nSPS) is 11.0. The lowest BCUT2D eigenvalue weighted by Gasteiger charge is -2.12. The molecule has 0 unspecified atom stereocenters. The van der Waals surface area contributed by atoms with Gasteiger partial charge in [-0.2, -0.15) is 0 Å². The summed E-state index contributed by atoms with van der Waals surface area (Å²) in [6.07, 6.45) is 0.833. The van der Waals surface area contributed by atoms with Crippen LogP contribution in [0.1, 0.15) is 37.8 Å². The van der Waals surface area contributed by atoms with Crippen molar-refractivity contribution in [1.82, 2.24) is 0 Å².